The number of rotatable bonds is 1. The Morgan fingerprint density at radius 2 is 2.00 bits per heavy atom. The topological polar surface area (TPSA) is 63.4 Å². The normalized spacial score (nSPS) is 17.1. The van der Waals surface area contributed by atoms with Crippen LogP contribution in [0.5, 0.6) is 0 Å². The fraction of sp³-hybridized carbons (Fsp3) is 0.364. The van der Waals surface area contributed by atoms with Crippen molar-refractivity contribution in [2.24, 2.45) is 0 Å². The highest BCUT2D eigenvalue weighted by molar-refractivity contribution is 7.85. The first-order chi connectivity index (χ1) is 8.08. The van der Waals surface area contributed by atoms with Crippen molar-refractivity contribution in [2.75, 3.05) is 30.3 Å². The van der Waals surface area contributed by atoms with E-state index >= 15 is 0 Å². The van der Waals surface area contributed by atoms with Crippen molar-refractivity contribution in [3.05, 3.63) is 29.6 Å². The highest BCUT2D eigenvalue weighted by atomic mass is 32.2. The Labute approximate surface area is 101 Å². The van der Waals surface area contributed by atoms with Gasteiger partial charge in [-0.1, -0.05) is 0 Å². The third-order valence-corrected chi connectivity index (χ3v) is 3.96. The van der Waals surface area contributed by atoms with Gasteiger partial charge >= 0.3 is 0 Å². The maximum absolute atomic E-state index is 13.5. The van der Waals surface area contributed by atoms with Crippen LogP contribution in [0.3, 0.4) is 0 Å². The summed E-state index contributed by atoms with van der Waals surface area (Å²) in [4.78, 5) is 13.5. The molecule has 17 heavy (non-hydrogen) atoms. The van der Waals surface area contributed by atoms with Gasteiger partial charge in [-0.15, -0.1) is 0 Å². The Balaban J connectivity index is 2.19. The number of halogens is 1. The predicted molar refractivity (Wildman–Crippen MR) is 64.6 cm³/mol. The fourth-order valence-corrected chi connectivity index (χ4v) is 2.77. The van der Waals surface area contributed by atoms with E-state index in [1.807, 2.05) is 0 Å². The van der Waals surface area contributed by atoms with E-state index in [2.05, 4.69) is 0 Å². The van der Waals surface area contributed by atoms with Gasteiger partial charge in [-0.2, -0.15) is 0 Å². The molecule has 1 aliphatic rings. The van der Waals surface area contributed by atoms with Gasteiger partial charge < -0.3 is 10.6 Å². The third-order valence-electron chi connectivity index (χ3n) is 2.69. The minimum Gasteiger partial charge on any atom is -0.399 e. The lowest BCUT2D eigenvalue weighted by molar-refractivity contribution is 0.0766. The molecule has 4 nitrogen and oxygen atoms in total. The Morgan fingerprint density at radius 3 is 2.65 bits per heavy atom. The van der Waals surface area contributed by atoms with E-state index in [1.54, 1.807) is 0 Å². The molecule has 1 aromatic rings. The molecule has 0 bridgehead atoms. The van der Waals surface area contributed by atoms with Gasteiger partial charge in [0.15, 0.2) is 0 Å². The molecule has 0 aliphatic carbocycles. The van der Waals surface area contributed by atoms with E-state index in [1.165, 1.54) is 23.1 Å². The minimum atomic E-state index is -0.856. The zero-order valence-electron chi connectivity index (χ0n) is 9.19. The Bertz CT molecular complexity index is 469. The molecule has 1 fully saturated rings. The first-order valence-corrected chi connectivity index (χ1v) is 6.76. The number of hydrogen-bond acceptors (Lipinski definition) is 3. The monoisotopic (exact) mass is 256 g/mol. The van der Waals surface area contributed by atoms with Crippen molar-refractivity contribution in [1.82, 2.24) is 4.90 Å². The van der Waals surface area contributed by atoms with Crippen molar-refractivity contribution in [3.63, 3.8) is 0 Å². The molecule has 1 aromatic carbocycles. The van der Waals surface area contributed by atoms with Crippen molar-refractivity contribution < 1.29 is 13.4 Å². The maximum atomic E-state index is 13.5. The SMILES string of the molecule is Nc1ccc(F)c(C(=O)N2CCS(=O)CC2)c1. The summed E-state index contributed by atoms with van der Waals surface area (Å²) >= 11 is 0. The molecule has 0 spiro atoms. The van der Waals surface area contributed by atoms with Crippen LogP contribution in [-0.4, -0.2) is 39.6 Å². The minimum absolute atomic E-state index is 0.0160. The summed E-state index contributed by atoms with van der Waals surface area (Å²) in [5.41, 5.74) is 5.87. The van der Waals surface area contributed by atoms with Crippen LogP contribution in [0.25, 0.3) is 0 Å². The number of benzene rings is 1. The summed E-state index contributed by atoms with van der Waals surface area (Å²) in [6.07, 6.45) is 0. The third kappa shape index (κ3) is 2.63. The average Bonchev–Trinajstić information content (AvgIpc) is 2.32. The zero-order chi connectivity index (χ0) is 12.4. The molecule has 92 valence electrons. The number of anilines is 1. The van der Waals surface area contributed by atoms with Gasteiger partial charge in [-0.3, -0.25) is 9.00 Å². The second-order valence-corrected chi connectivity index (χ2v) is 5.58. The lowest BCUT2D eigenvalue weighted by Gasteiger charge is -2.26. The molecule has 1 amide bonds. The van der Waals surface area contributed by atoms with E-state index < -0.39 is 16.6 Å². The van der Waals surface area contributed by atoms with Gasteiger partial charge in [-0.25, -0.2) is 4.39 Å². The molecule has 0 radical (unpaired) electrons. The van der Waals surface area contributed by atoms with Crippen LogP contribution in [0.1, 0.15) is 10.4 Å². The molecular weight excluding hydrogens is 243 g/mol. The number of amides is 1. The Kier molecular flexibility index (Phi) is 3.42. The van der Waals surface area contributed by atoms with E-state index in [0.29, 0.717) is 30.3 Å². The number of nitrogens with zero attached hydrogens (tertiary/aromatic N) is 1. The van der Waals surface area contributed by atoms with E-state index in [0.717, 1.165) is 0 Å². The molecule has 0 unspecified atom stereocenters. The van der Waals surface area contributed by atoms with Crippen LogP contribution >= 0.6 is 0 Å². The Morgan fingerprint density at radius 1 is 1.35 bits per heavy atom. The fourth-order valence-electron chi connectivity index (χ4n) is 1.72. The molecule has 0 saturated carbocycles. The van der Waals surface area contributed by atoms with Crippen LogP contribution in [0.15, 0.2) is 18.2 Å². The summed E-state index contributed by atoms with van der Waals surface area (Å²) in [5, 5.41) is 0. The maximum Gasteiger partial charge on any atom is 0.256 e. The largest absolute Gasteiger partial charge is 0.399 e. The van der Waals surface area contributed by atoms with Gasteiger partial charge in [0.25, 0.3) is 5.91 Å². The summed E-state index contributed by atoms with van der Waals surface area (Å²) in [6.45, 7) is 0.805. The highest BCUT2D eigenvalue weighted by Crippen LogP contribution is 2.15. The first kappa shape index (κ1) is 12.0. The summed E-state index contributed by atoms with van der Waals surface area (Å²) in [6, 6.07) is 3.94. The van der Waals surface area contributed by atoms with Gasteiger partial charge in [-0.05, 0) is 18.2 Å². The number of carbonyl (C=O) groups excluding carboxylic acids is 1. The standard InChI is InChI=1S/C11H13FN2O2S/c12-10-2-1-8(13)7-9(10)11(15)14-3-5-17(16)6-4-14/h1-2,7H,3-6,13H2. The summed E-state index contributed by atoms with van der Waals surface area (Å²) in [7, 11) is -0.856. The van der Waals surface area contributed by atoms with Gasteiger partial charge in [0.05, 0.1) is 5.56 Å². The number of carbonyl (C=O) groups is 1. The quantitative estimate of drug-likeness (QED) is 0.749. The number of nitrogens with two attached hydrogens (primary N) is 1. The van der Waals surface area contributed by atoms with E-state index in [4.69, 9.17) is 5.73 Å². The first-order valence-electron chi connectivity index (χ1n) is 5.27. The van der Waals surface area contributed by atoms with Crippen molar-refractivity contribution in [2.45, 2.75) is 0 Å². The second-order valence-electron chi connectivity index (χ2n) is 3.88. The predicted octanol–water partition coefficient (Wildman–Crippen LogP) is 0.612. The zero-order valence-corrected chi connectivity index (χ0v) is 10.0. The smallest absolute Gasteiger partial charge is 0.256 e. The molecule has 2 rings (SSSR count). The lowest BCUT2D eigenvalue weighted by atomic mass is 10.1. The molecule has 0 atom stereocenters. The average molecular weight is 256 g/mol. The summed E-state index contributed by atoms with van der Waals surface area (Å²) < 4.78 is 24.7. The van der Waals surface area contributed by atoms with E-state index in [-0.39, 0.29) is 11.5 Å². The molecule has 1 saturated heterocycles. The van der Waals surface area contributed by atoms with Gasteiger partial charge in [0.1, 0.15) is 5.82 Å². The highest BCUT2D eigenvalue weighted by Gasteiger charge is 2.23. The van der Waals surface area contributed by atoms with Crippen LogP contribution in [0, 0.1) is 5.82 Å². The molecule has 0 aromatic heterocycles. The molecular formula is C11H13FN2O2S. The number of hydrogen-bond donors (Lipinski definition) is 1. The molecule has 6 heteroatoms. The van der Waals surface area contributed by atoms with Crippen LogP contribution in [0.4, 0.5) is 10.1 Å². The second kappa shape index (κ2) is 4.83. The van der Waals surface area contributed by atoms with Crippen molar-refractivity contribution in [1.29, 1.82) is 0 Å². The van der Waals surface area contributed by atoms with Gasteiger partial charge in [0, 0.05) is 41.1 Å². The van der Waals surface area contributed by atoms with E-state index in [9.17, 15) is 13.4 Å². The van der Waals surface area contributed by atoms with Crippen LogP contribution in [0.2, 0.25) is 0 Å². The van der Waals surface area contributed by atoms with Gasteiger partial charge in [0.2, 0.25) is 0 Å². The summed E-state index contributed by atoms with van der Waals surface area (Å²) in [5.74, 6) is -0.0480. The van der Waals surface area contributed by atoms with Crippen molar-refractivity contribution in [3.8, 4) is 0 Å². The van der Waals surface area contributed by atoms with Crippen LogP contribution in [-0.2, 0) is 10.8 Å². The Hall–Kier alpha value is -1.43. The lowest BCUT2D eigenvalue weighted by Crippen LogP contribution is -2.42. The van der Waals surface area contributed by atoms with Crippen molar-refractivity contribution >= 4 is 22.4 Å². The molecule has 2 N–H and O–H groups in total. The van der Waals surface area contributed by atoms with Crippen LogP contribution < -0.4 is 5.73 Å². The molecule has 1 aliphatic heterocycles. The molecule has 1 heterocycles. The number of nitrogen functional groups attached to an aromatic ring is 1.